The Labute approximate surface area is 114 Å². The van der Waals surface area contributed by atoms with E-state index >= 15 is 0 Å². The lowest BCUT2D eigenvalue weighted by atomic mass is 9.75. The molecule has 0 bridgehead atoms. The van der Waals surface area contributed by atoms with Gasteiger partial charge in [0.25, 0.3) is 0 Å². The molecule has 1 fully saturated rings. The van der Waals surface area contributed by atoms with E-state index in [4.69, 9.17) is 0 Å². The molecule has 2 atom stereocenters. The monoisotopic (exact) mass is 268 g/mol. The topological polar surface area (TPSA) is 41.1 Å². The first kappa shape index (κ1) is 13.9. The molecule has 1 aromatic heterocycles. The highest BCUT2D eigenvalue weighted by Gasteiger charge is 2.36. The maximum absolute atomic E-state index is 4.07. The number of hydrogen-bond acceptors (Lipinski definition) is 5. The highest BCUT2D eigenvalue weighted by atomic mass is 32.1. The Morgan fingerprint density at radius 2 is 2.39 bits per heavy atom. The Hall–Kier alpha value is -0.520. The van der Waals surface area contributed by atoms with E-state index in [1.165, 1.54) is 37.2 Å². The summed E-state index contributed by atoms with van der Waals surface area (Å²) in [6, 6.07) is 0. The van der Waals surface area contributed by atoms with Gasteiger partial charge in [0.05, 0.1) is 5.69 Å². The van der Waals surface area contributed by atoms with E-state index in [2.05, 4.69) is 40.8 Å². The van der Waals surface area contributed by atoms with Crippen molar-refractivity contribution in [2.75, 3.05) is 20.6 Å². The summed E-state index contributed by atoms with van der Waals surface area (Å²) in [5, 5.41) is 9.65. The molecule has 1 saturated carbocycles. The minimum Gasteiger partial charge on any atom is -0.309 e. The molecule has 1 aliphatic rings. The van der Waals surface area contributed by atoms with Crippen molar-refractivity contribution in [3.8, 4) is 0 Å². The zero-order chi connectivity index (χ0) is 13.0. The average molecular weight is 268 g/mol. The summed E-state index contributed by atoms with van der Waals surface area (Å²) < 4.78 is 3.89. The molecule has 1 aliphatic carbocycles. The predicted octanol–water partition coefficient (Wildman–Crippen LogP) is 2.14. The van der Waals surface area contributed by atoms with Crippen molar-refractivity contribution in [1.29, 1.82) is 0 Å². The molecule has 4 nitrogen and oxygen atoms in total. The Kier molecular flexibility index (Phi) is 4.70. The summed E-state index contributed by atoms with van der Waals surface area (Å²) in [6.45, 7) is 4.25. The number of likely N-dealkylation sites (N-methyl/N-ethyl adjacent to an activating group) is 1. The van der Waals surface area contributed by atoms with Crippen molar-refractivity contribution in [2.24, 2.45) is 5.92 Å². The van der Waals surface area contributed by atoms with Gasteiger partial charge >= 0.3 is 0 Å². The molecule has 5 heteroatoms. The summed E-state index contributed by atoms with van der Waals surface area (Å²) in [7, 11) is 4.42. The minimum absolute atomic E-state index is 0.321. The molecule has 1 N–H and O–H groups in total. The van der Waals surface area contributed by atoms with Crippen molar-refractivity contribution in [2.45, 2.75) is 44.7 Å². The number of aromatic nitrogens is 2. The van der Waals surface area contributed by atoms with Crippen LogP contribution >= 0.6 is 11.5 Å². The number of nitrogens with one attached hydrogen (secondary N) is 1. The molecule has 18 heavy (non-hydrogen) atoms. The van der Waals surface area contributed by atoms with E-state index < -0.39 is 0 Å². The number of nitrogens with zero attached hydrogens (tertiary/aromatic N) is 3. The molecule has 0 amide bonds. The maximum atomic E-state index is 4.07. The third-order valence-corrected chi connectivity index (χ3v) is 4.73. The van der Waals surface area contributed by atoms with E-state index in [1.54, 1.807) is 0 Å². The second kappa shape index (κ2) is 6.08. The second-order valence-electron chi connectivity index (χ2n) is 5.82. The lowest BCUT2D eigenvalue weighted by Crippen LogP contribution is -2.54. The molecule has 2 unspecified atom stereocenters. The molecule has 0 radical (unpaired) electrons. The number of rotatable bonds is 5. The van der Waals surface area contributed by atoms with E-state index in [9.17, 15) is 0 Å². The van der Waals surface area contributed by atoms with Crippen LogP contribution in [-0.4, -0.2) is 40.7 Å². The summed E-state index contributed by atoms with van der Waals surface area (Å²) in [5.74, 6) is 0.837. The zero-order valence-corrected chi connectivity index (χ0v) is 12.5. The summed E-state index contributed by atoms with van der Waals surface area (Å²) in [5.41, 5.74) is 1.37. The smallest absolute Gasteiger partial charge is 0.0893 e. The lowest BCUT2D eigenvalue weighted by Gasteiger charge is -2.45. The van der Waals surface area contributed by atoms with Gasteiger partial charge < -0.3 is 10.2 Å². The highest BCUT2D eigenvalue weighted by molar-refractivity contribution is 7.03. The van der Waals surface area contributed by atoms with Gasteiger partial charge in [-0.05, 0) is 44.4 Å². The van der Waals surface area contributed by atoms with Crippen LogP contribution in [0, 0.1) is 5.92 Å². The molecule has 1 heterocycles. The van der Waals surface area contributed by atoms with Gasteiger partial charge in [-0.15, -0.1) is 5.10 Å². The van der Waals surface area contributed by atoms with Gasteiger partial charge in [-0.25, -0.2) is 0 Å². The molecule has 0 saturated heterocycles. The van der Waals surface area contributed by atoms with Crippen LogP contribution in [0.2, 0.25) is 0 Å². The fourth-order valence-corrected chi connectivity index (χ4v) is 3.49. The van der Waals surface area contributed by atoms with Crippen LogP contribution in [0.25, 0.3) is 0 Å². The van der Waals surface area contributed by atoms with Crippen LogP contribution in [0.15, 0.2) is 5.38 Å². The van der Waals surface area contributed by atoms with Gasteiger partial charge in [-0.2, -0.15) is 0 Å². The van der Waals surface area contributed by atoms with E-state index in [0.717, 1.165) is 24.7 Å². The van der Waals surface area contributed by atoms with Crippen molar-refractivity contribution in [3.63, 3.8) is 0 Å². The minimum atomic E-state index is 0.321. The van der Waals surface area contributed by atoms with Crippen LogP contribution in [0.1, 0.15) is 38.3 Å². The summed E-state index contributed by atoms with van der Waals surface area (Å²) >= 11 is 1.42. The van der Waals surface area contributed by atoms with Crippen LogP contribution in [0.3, 0.4) is 0 Å². The standard InChI is InChI=1S/C13H24N4S/c1-11-5-4-6-13(7-11,17(2)3)10-14-8-12-9-18-16-15-12/h9,11,14H,4-8,10H2,1-3H3. The fraction of sp³-hybridized carbons (Fsp3) is 0.846. The highest BCUT2D eigenvalue weighted by Crippen LogP contribution is 2.35. The van der Waals surface area contributed by atoms with Crippen molar-refractivity contribution >= 4 is 11.5 Å². The van der Waals surface area contributed by atoms with Gasteiger partial charge in [0.15, 0.2) is 0 Å². The number of hydrogen-bond donors (Lipinski definition) is 1. The largest absolute Gasteiger partial charge is 0.309 e. The first-order valence-electron chi connectivity index (χ1n) is 6.76. The van der Waals surface area contributed by atoms with E-state index in [0.29, 0.717) is 5.54 Å². The molecular weight excluding hydrogens is 244 g/mol. The van der Waals surface area contributed by atoms with Gasteiger partial charge in [0.2, 0.25) is 0 Å². The maximum Gasteiger partial charge on any atom is 0.0893 e. The molecule has 2 rings (SSSR count). The first-order valence-corrected chi connectivity index (χ1v) is 7.60. The average Bonchev–Trinajstić information content (AvgIpc) is 2.82. The van der Waals surface area contributed by atoms with E-state index in [-0.39, 0.29) is 0 Å². The Morgan fingerprint density at radius 3 is 3.00 bits per heavy atom. The van der Waals surface area contributed by atoms with Crippen molar-refractivity contribution in [3.05, 3.63) is 11.1 Å². The normalized spacial score (nSPS) is 28.8. The predicted molar refractivity (Wildman–Crippen MR) is 75.7 cm³/mol. The molecular formula is C13H24N4S. The van der Waals surface area contributed by atoms with E-state index in [1.807, 2.05) is 5.38 Å². The van der Waals surface area contributed by atoms with Gasteiger partial charge in [0, 0.05) is 24.0 Å². The Balaban J connectivity index is 1.89. The Morgan fingerprint density at radius 1 is 1.56 bits per heavy atom. The fourth-order valence-electron chi connectivity index (χ4n) is 3.04. The van der Waals surface area contributed by atoms with Gasteiger partial charge in [-0.3, -0.25) is 0 Å². The van der Waals surface area contributed by atoms with Crippen LogP contribution < -0.4 is 5.32 Å². The quantitative estimate of drug-likeness (QED) is 0.888. The molecule has 1 aromatic rings. The first-order chi connectivity index (χ1) is 8.62. The second-order valence-corrected chi connectivity index (χ2v) is 6.43. The molecule has 102 valence electrons. The van der Waals surface area contributed by atoms with Gasteiger partial charge in [-0.1, -0.05) is 24.3 Å². The molecule has 0 spiro atoms. The third-order valence-electron chi connectivity index (χ3n) is 4.18. The SMILES string of the molecule is CC1CCCC(CNCc2csnn2)(N(C)C)C1. The van der Waals surface area contributed by atoms with Crippen LogP contribution in [0.5, 0.6) is 0 Å². The molecule has 0 aromatic carbocycles. The zero-order valence-electron chi connectivity index (χ0n) is 11.6. The van der Waals surface area contributed by atoms with Crippen molar-refractivity contribution < 1.29 is 0 Å². The summed E-state index contributed by atoms with van der Waals surface area (Å²) in [6.07, 6.45) is 5.32. The molecule has 0 aliphatic heterocycles. The van der Waals surface area contributed by atoms with Crippen LogP contribution in [-0.2, 0) is 6.54 Å². The summed E-state index contributed by atoms with van der Waals surface area (Å²) in [4.78, 5) is 2.41. The van der Waals surface area contributed by atoms with Crippen molar-refractivity contribution in [1.82, 2.24) is 19.8 Å². The lowest BCUT2D eigenvalue weighted by molar-refractivity contribution is 0.0749. The van der Waals surface area contributed by atoms with Crippen LogP contribution in [0.4, 0.5) is 0 Å². The third kappa shape index (κ3) is 3.28. The Bertz CT molecular complexity index is 352. The van der Waals surface area contributed by atoms with Gasteiger partial charge in [0.1, 0.15) is 0 Å².